The molecule has 15 heavy (non-hydrogen) atoms. The first-order valence-corrected chi connectivity index (χ1v) is 4.76. The number of amides is 1. The zero-order chi connectivity index (χ0) is 10.6. The van der Waals surface area contributed by atoms with Crippen LogP contribution in [-0.2, 0) is 14.3 Å². The Hall–Kier alpha value is -0.810. The molecule has 1 fully saturated rings. The Morgan fingerprint density at radius 2 is 2.20 bits per heavy atom. The monoisotopic (exact) mass is 236 g/mol. The molecule has 0 unspecified atom stereocenters. The Bertz CT molecular complexity index is 229. The maximum Gasteiger partial charge on any atom is 0.328 e. The van der Waals surface area contributed by atoms with Crippen LogP contribution >= 0.6 is 12.4 Å². The summed E-state index contributed by atoms with van der Waals surface area (Å²) in [4.78, 5) is 22.5. The zero-order valence-electron chi connectivity index (χ0n) is 8.91. The van der Waals surface area contributed by atoms with Crippen LogP contribution in [0.3, 0.4) is 0 Å². The van der Waals surface area contributed by atoms with Gasteiger partial charge in [-0.3, -0.25) is 4.79 Å². The molecule has 5 nitrogen and oxygen atoms in total. The van der Waals surface area contributed by atoms with E-state index in [1.165, 1.54) is 7.11 Å². The summed E-state index contributed by atoms with van der Waals surface area (Å²) >= 11 is 0. The number of carbonyl (C=O) groups excluding carboxylic acids is 2. The van der Waals surface area contributed by atoms with E-state index in [0.717, 1.165) is 19.4 Å². The second-order valence-corrected chi connectivity index (χ2v) is 3.40. The number of ether oxygens (including phenoxy) is 1. The highest BCUT2D eigenvalue weighted by atomic mass is 35.5. The van der Waals surface area contributed by atoms with Crippen LogP contribution in [0.2, 0.25) is 0 Å². The number of halogens is 1. The van der Waals surface area contributed by atoms with E-state index in [9.17, 15) is 9.59 Å². The summed E-state index contributed by atoms with van der Waals surface area (Å²) in [6.07, 6.45) is 1.84. The molecule has 0 aromatic rings. The molecule has 1 rings (SSSR count). The molecule has 1 heterocycles. The van der Waals surface area contributed by atoms with E-state index in [-0.39, 0.29) is 24.4 Å². The summed E-state index contributed by atoms with van der Waals surface area (Å²) in [7, 11) is 1.30. The third-order valence-corrected chi connectivity index (χ3v) is 2.29. The third-order valence-electron chi connectivity index (χ3n) is 2.29. The van der Waals surface area contributed by atoms with Crippen LogP contribution in [0.5, 0.6) is 0 Å². The molecule has 0 aromatic carbocycles. The molecule has 1 saturated heterocycles. The molecule has 0 saturated carbocycles. The Morgan fingerprint density at radius 3 is 2.67 bits per heavy atom. The van der Waals surface area contributed by atoms with Crippen LogP contribution < -0.4 is 10.6 Å². The lowest BCUT2D eigenvalue weighted by Gasteiger charge is -2.15. The third kappa shape index (κ3) is 4.05. The van der Waals surface area contributed by atoms with Crippen molar-refractivity contribution < 1.29 is 14.3 Å². The van der Waals surface area contributed by atoms with Crippen molar-refractivity contribution in [1.29, 1.82) is 0 Å². The van der Waals surface area contributed by atoms with Gasteiger partial charge in [-0.25, -0.2) is 4.79 Å². The molecule has 2 N–H and O–H groups in total. The molecule has 1 amide bonds. The lowest BCUT2D eigenvalue weighted by atomic mass is 10.2. The number of methoxy groups -OCH3 is 1. The van der Waals surface area contributed by atoms with Crippen LogP contribution in [0.4, 0.5) is 0 Å². The van der Waals surface area contributed by atoms with E-state index in [2.05, 4.69) is 15.4 Å². The highest BCUT2D eigenvalue weighted by Gasteiger charge is 2.25. The van der Waals surface area contributed by atoms with Crippen molar-refractivity contribution in [2.24, 2.45) is 0 Å². The fourth-order valence-electron chi connectivity index (χ4n) is 1.46. The minimum absolute atomic E-state index is 0. The van der Waals surface area contributed by atoms with Gasteiger partial charge in [0.2, 0.25) is 5.91 Å². The Kier molecular flexibility index (Phi) is 6.27. The summed E-state index contributed by atoms with van der Waals surface area (Å²) < 4.78 is 4.50. The molecular weight excluding hydrogens is 220 g/mol. The van der Waals surface area contributed by atoms with E-state index in [1.807, 2.05) is 0 Å². The second kappa shape index (κ2) is 6.63. The molecule has 0 spiro atoms. The SMILES string of the molecule is COC(=O)[C@@H](C)NC(=O)[C@@H]1CCCN1.Cl. The molecule has 1 aliphatic rings. The molecule has 0 aliphatic carbocycles. The summed E-state index contributed by atoms with van der Waals surface area (Å²) in [6.45, 7) is 2.48. The van der Waals surface area contributed by atoms with Gasteiger partial charge in [0.25, 0.3) is 0 Å². The average molecular weight is 237 g/mol. The van der Waals surface area contributed by atoms with E-state index < -0.39 is 12.0 Å². The first-order valence-electron chi connectivity index (χ1n) is 4.76. The topological polar surface area (TPSA) is 67.4 Å². The highest BCUT2D eigenvalue weighted by Crippen LogP contribution is 2.04. The Balaban J connectivity index is 0.00000196. The van der Waals surface area contributed by atoms with Crippen molar-refractivity contribution >= 4 is 24.3 Å². The van der Waals surface area contributed by atoms with E-state index >= 15 is 0 Å². The number of esters is 1. The first kappa shape index (κ1) is 14.2. The van der Waals surface area contributed by atoms with Crippen molar-refractivity contribution in [2.45, 2.75) is 31.8 Å². The van der Waals surface area contributed by atoms with E-state index in [0.29, 0.717) is 0 Å². The first-order chi connectivity index (χ1) is 6.65. The van der Waals surface area contributed by atoms with Gasteiger partial charge in [-0.2, -0.15) is 0 Å². The normalized spacial score (nSPS) is 21.3. The van der Waals surface area contributed by atoms with Crippen molar-refractivity contribution in [3.05, 3.63) is 0 Å². The maximum atomic E-state index is 11.5. The van der Waals surface area contributed by atoms with Crippen LogP contribution in [0, 0.1) is 0 Å². The second-order valence-electron chi connectivity index (χ2n) is 3.40. The summed E-state index contributed by atoms with van der Waals surface area (Å²) in [5.74, 6) is -0.545. The van der Waals surface area contributed by atoms with Crippen LogP contribution in [-0.4, -0.2) is 37.6 Å². The van der Waals surface area contributed by atoms with Gasteiger partial charge < -0.3 is 15.4 Å². The molecule has 2 atom stereocenters. The lowest BCUT2D eigenvalue weighted by molar-refractivity contribution is -0.144. The fourth-order valence-corrected chi connectivity index (χ4v) is 1.46. The number of carbonyl (C=O) groups is 2. The molecule has 0 radical (unpaired) electrons. The van der Waals surface area contributed by atoms with Gasteiger partial charge in [0.1, 0.15) is 6.04 Å². The molecule has 0 bridgehead atoms. The number of hydrogen-bond donors (Lipinski definition) is 2. The largest absolute Gasteiger partial charge is 0.467 e. The molecule has 0 aromatic heterocycles. The Morgan fingerprint density at radius 1 is 1.53 bits per heavy atom. The number of rotatable bonds is 3. The number of hydrogen-bond acceptors (Lipinski definition) is 4. The molecular formula is C9H17ClN2O3. The van der Waals surface area contributed by atoms with Crippen molar-refractivity contribution in [2.75, 3.05) is 13.7 Å². The van der Waals surface area contributed by atoms with Crippen LogP contribution in [0.15, 0.2) is 0 Å². The molecule has 1 aliphatic heterocycles. The van der Waals surface area contributed by atoms with Gasteiger partial charge in [-0.1, -0.05) is 0 Å². The quantitative estimate of drug-likeness (QED) is 0.669. The van der Waals surface area contributed by atoms with Crippen molar-refractivity contribution in [3.63, 3.8) is 0 Å². The van der Waals surface area contributed by atoms with Crippen LogP contribution in [0.25, 0.3) is 0 Å². The zero-order valence-corrected chi connectivity index (χ0v) is 9.73. The fraction of sp³-hybridized carbons (Fsp3) is 0.778. The minimum Gasteiger partial charge on any atom is -0.467 e. The summed E-state index contributed by atoms with van der Waals surface area (Å²) in [6, 6.07) is -0.725. The standard InChI is InChI=1S/C9H16N2O3.ClH/c1-6(9(13)14-2)11-8(12)7-4-3-5-10-7;/h6-7,10H,3-5H2,1-2H3,(H,11,12);1H/t6-,7+;/m1./s1. The van der Waals surface area contributed by atoms with Gasteiger partial charge in [0.15, 0.2) is 0 Å². The van der Waals surface area contributed by atoms with Crippen LogP contribution in [0.1, 0.15) is 19.8 Å². The van der Waals surface area contributed by atoms with Gasteiger partial charge in [0, 0.05) is 0 Å². The van der Waals surface area contributed by atoms with E-state index in [4.69, 9.17) is 0 Å². The van der Waals surface area contributed by atoms with Crippen molar-refractivity contribution in [3.8, 4) is 0 Å². The maximum absolute atomic E-state index is 11.5. The lowest BCUT2D eigenvalue weighted by Crippen LogP contribution is -2.47. The molecule has 88 valence electrons. The van der Waals surface area contributed by atoms with Gasteiger partial charge >= 0.3 is 5.97 Å². The van der Waals surface area contributed by atoms with Gasteiger partial charge in [-0.15, -0.1) is 12.4 Å². The van der Waals surface area contributed by atoms with Crippen molar-refractivity contribution in [1.82, 2.24) is 10.6 Å². The predicted octanol–water partition coefficient (Wildman–Crippen LogP) is -0.162. The van der Waals surface area contributed by atoms with E-state index in [1.54, 1.807) is 6.92 Å². The average Bonchev–Trinajstić information content (AvgIpc) is 2.69. The summed E-state index contributed by atoms with van der Waals surface area (Å²) in [5, 5.41) is 5.65. The number of nitrogens with one attached hydrogen (secondary N) is 2. The predicted molar refractivity (Wildman–Crippen MR) is 57.9 cm³/mol. The van der Waals surface area contributed by atoms with Gasteiger partial charge in [-0.05, 0) is 26.3 Å². The van der Waals surface area contributed by atoms with Gasteiger partial charge in [0.05, 0.1) is 13.2 Å². The molecule has 6 heteroatoms. The smallest absolute Gasteiger partial charge is 0.328 e. The summed E-state index contributed by atoms with van der Waals surface area (Å²) in [5.41, 5.74) is 0. The highest BCUT2D eigenvalue weighted by molar-refractivity contribution is 5.87. The Labute approximate surface area is 95.3 Å². The minimum atomic E-state index is -0.574.